The Morgan fingerprint density at radius 3 is 2.59 bits per heavy atom. The first kappa shape index (κ1) is 20.5. The van der Waals surface area contributed by atoms with Gasteiger partial charge in [0.2, 0.25) is 0 Å². The Bertz CT molecular complexity index is 888. The highest BCUT2D eigenvalue weighted by Gasteiger charge is 2.48. The van der Waals surface area contributed by atoms with E-state index in [1.54, 1.807) is 17.0 Å². The van der Waals surface area contributed by atoms with E-state index in [0.717, 1.165) is 28.8 Å². The third kappa shape index (κ3) is 3.63. The highest BCUT2D eigenvalue weighted by molar-refractivity contribution is 7.10. The number of hydrogen-bond donors (Lipinski definition) is 1. The standard InChI is InChI=1S/C19H22ClF3N4OS/c1-10-5-3-6-11(2)26(10)18(28)16-15(20)17-24-12(13-7-4-8-29-13)9-14(19(21,22)23)27(17)25-16/h4,7-8,10-12,14,24H,3,5-6,9H2,1-2H3/t10-,11-,12+,14-/m1/s1. The summed E-state index contributed by atoms with van der Waals surface area (Å²) in [4.78, 5) is 15.7. The number of halogens is 4. The number of alkyl halides is 3. The van der Waals surface area contributed by atoms with Crippen molar-refractivity contribution in [3.05, 3.63) is 33.1 Å². The second kappa shape index (κ2) is 7.50. The molecular weight excluding hydrogens is 425 g/mol. The van der Waals surface area contributed by atoms with Crippen LogP contribution in [0.4, 0.5) is 19.0 Å². The van der Waals surface area contributed by atoms with E-state index in [4.69, 9.17) is 11.6 Å². The van der Waals surface area contributed by atoms with Crippen LogP contribution in [0.2, 0.25) is 5.02 Å². The molecule has 0 radical (unpaired) electrons. The van der Waals surface area contributed by atoms with Crippen LogP contribution < -0.4 is 5.32 Å². The third-order valence-corrected chi connectivity index (χ3v) is 7.16. The summed E-state index contributed by atoms with van der Waals surface area (Å²) in [6.07, 6.45) is -2.00. The smallest absolute Gasteiger partial charge is 0.361 e. The van der Waals surface area contributed by atoms with Crippen LogP contribution in [0.15, 0.2) is 17.5 Å². The third-order valence-electron chi connectivity index (χ3n) is 5.81. The van der Waals surface area contributed by atoms with Gasteiger partial charge in [0.05, 0.1) is 6.04 Å². The maximum atomic E-state index is 13.8. The van der Waals surface area contributed by atoms with E-state index >= 15 is 0 Å². The van der Waals surface area contributed by atoms with Gasteiger partial charge >= 0.3 is 6.18 Å². The zero-order valence-corrected chi connectivity index (χ0v) is 17.6. The molecule has 4 atom stereocenters. The molecule has 29 heavy (non-hydrogen) atoms. The highest BCUT2D eigenvalue weighted by atomic mass is 35.5. The van der Waals surface area contributed by atoms with Gasteiger partial charge in [-0.2, -0.15) is 18.3 Å². The van der Waals surface area contributed by atoms with Crippen molar-refractivity contribution in [2.45, 2.75) is 69.9 Å². The fourth-order valence-corrected chi connectivity index (χ4v) is 5.40. The minimum atomic E-state index is -4.51. The molecule has 1 amide bonds. The quantitative estimate of drug-likeness (QED) is 0.647. The summed E-state index contributed by atoms with van der Waals surface area (Å²) >= 11 is 7.82. The molecule has 4 heterocycles. The van der Waals surface area contributed by atoms with Crippen LogP contribution in [0, 0.1) is 0 Å². The van der Waals surface area contributed by atoms with Gasteiger partial charge in [-0.1, -0.05) is 17.7 Å². The van der Waals surface area contributed by atoms with Crippen molar-refractivity contribution in [3.8, 4) is 0 Å². The lowest BCUT2D eigenvalue weighted by molar-refractivity contribution is -0.173. The topological polar surface area (TPSA) is 50.2 Å². The minimum Gasteiger partial charge on any atom is -0.361 e. The van der Waals surface area contributed by atoms with Crippen LogP contribution in [0.3, 0.4) is 0 Å². The van der Waals surface area contributed by atoms with Crippen molar-refractivity contribution in [2.75, 3.05) is 5.32 Å². The first-order chi connectivity index (χ1) is 13.7. The molecule has 0 unspecified atom stereocenters. The van der Waals surface area contributed by atoms with Gasteiger partial charge in [-0.25, -0.2) is 4.68 Å². The summed E-state index contributed by atoms with van der Waals surface area (Å²) in [7, 11) is 0. The molecule has 0 saturated carbocycles. The molecule has 0 aliphatic carbocycles. The van der Waals surface area contributed by atoms with Gasteiger partial charge < -0.3 is 10.2 Å². The number of rotatable bonds is 2. The molecule has 0 bridgehead atoms. The first-order valence-electron chi connectivity index (χ1n) is 9.65. The van der Waals surface area contributed by atoms with Gasteiger partial charge in [-0.05, 0) is 44.6 Å². The van der Waals surface area contributed by atoms with Gasteiger partial charge in [0.15, 0.2) is 11.7 Å². The number of nitrogens with one attached hydrogen (secondary N) is 1. The molecule has 1 fully saturated rings. The SMILES string of the molecule is C[C@@H]1CCC[C@@H](C)N1C(=O)c1nn2c(c1Cl)N[C@H](c1cccs1)C[C@@H]2C(F)(F)F. The predicted octanol–water partition coefficient (Wildman–Crippen LogP) is 5.66. The molecule has 2 aromatic heterocycles. The average molecular weight is 447 g/mol. The fourth-order valence-electron chi connectivity index (χ4n) is 4.35. The Morgan fingerprint density at radius 2 is 2.00 bits per heavy atom. The zero-order valence-electron chi connectivity index (χ0n) is 16.0. The van der Waals surface area contributed by atoms with E-state index in [1.165, 1.54) is 11.3 Å². The molecule has 0 aromatic carbocycles. The lowest BCUT2D eigenvalue weighted by Crippen LogP contribution is -2.47. The normalized spacial score (nSPS) is 27.4. The number of aromatic nitrogens is 2. The van der Waals surface area contributed by atoms with Crippen LogP contribution in [-0.4, -0.2) is 38.8 Å². The molecule has 158 valence electrons. The molecule has 0 spiro atoms. The lowest BCUT2D eigenvalue weighted by atomic mass is 9.97. The summed E-state index contributed by atoms with van der Waals surface area (Å²) in [5, 5.41) is 8.93. The van der Waals surface area contributed by atoms with E-state index in [2.05, 4.69) is 10.4 Å². The fraction of sp³-hybridized carbons (Fsp3) is 0.579. The van der Waals surface area contributed by atoms with Crippen molar-refractivity contribution in [3.63, 3.8) is 0 Å². The minimum absolute atomic E-state index is 0.00807. The van der Waals surface area contributed by atoms with Gasteiger partial charge in [0.25, 0.3) is 5.91 Å². The number of carbonyl (C=O) groups excluding carboxylic acids is 1. The number of likely N-dealkylation sites (tertiary alicyclic amines) is 1. The molecule has 2 aromatic rings. The summed E-state index contributed by atoms with van der Waals surface area (Å²) in [6, 6.07) is 1.18. The van der Waals surface area contributed by atoms with Crippen molar-refractivity contribution in [1.82, 2.24) is 14.7 Å². The zero-order chi connectivity index (χ0) is 20.9. The Kier molecular flexibility index (Phi) is 5.31. The summed E-state index contributed by atoms with van der Waals surface area (Å²) in [5.74, 6) is -0.355. The largest absolute Gasteiger partial charge is 0.410 e. The molecule has 2 aliphatic heterocycles. The number of piperidine rings is 1. The Labute approximate surface area is 175 Å². The van der Waals surface area contributed by atoms with Gasteiger partial charge in [0, 0.05) is 23.4 Å². The van der Waals surface area contributed by atoms with E-state index in [1.807, 2.05) is 19.2 Å². The van der Waals surface area contributed by atoms with Crippen molar-refractivity contribution in [1.29, 1.82) is 0 Å². The molecule has 10 heteroatoms. The molecular formula is C19H22ClF3N4OS. The van der Waals surface area contributed by atoms with E-state index < -0.39 is 24.2 Å². The summed E-state index contributed by atoms with van der Waals surface area (Å²) < 4.78 is 42.3. The van der Waals surface area contributed by atoms with Gasteiger partial charge in [0.1, 0.15) is 10.8 Å². The second-order valence-electron chi connectivity index (χ2n) is 7.80. The van der Waals surface area contributed by atoms with Crippen molar-refractivity contribution in [2.24, 2.45) is 0 Å². The summed E-state index contributed by atoms with van der Waals surface area (Å²) in [6.45, 7) is 3.89. The highest BCUT2D eigenvalue weighted by Crippen LogP contribution is 2.47. The predicted molar refractivity (Wildman–Crippen MR) is 107 cm³/mol. The molecule has 1 N–H and O–H groups in total. The Morgan fingerprint density at radius 1 is 1.31 bits per heavy atom. The second-order valence-corrected chi connectivity index (χ2v) is 9.16. The maximum absolute atomic E-state index is 13.8. The van der Waals surface area contributed by atoms with Crippen molar-refractivity contribution < 1.29 is 18.0 Å². The number of fused-ring (bicyclic) bond motifs is 1. The van der Waals surface area contributed by atoms with Crippen LogP contribution in [0.1, 0.15) is 67.0 Å². The summed E-state index contributed by atoms with van der Waals surface area (Å²) in [5.41, 5.74) is -0.115. The molecule has 1 saturated heterocycles. The number of thiophene rings is 1. The van der Waals surface area contributed by atoms with Crippen LogP contribution in [0.5, 0.6) is 0 Å². The van der Waals surface area contributed by atoms with Crippen LogP contribution >= 0.6 is 22.9 Å². The van der Waals surface area contributed by atoms with E-state index in [9.17, 15) is 18.0 Å². The van der Waals surface area contributed by atoms with Crippen LogP contribution in [0.25, 0.3) is 0 Å². The number of amides is 1. The number of anilines is 1. The Hall–Kier alpha value is -1.74. The maximum Gasteiger partial charge on any atom is 0.410 e. The van der Waals surface area contributed by atoms with Gasteiger partial charge in [-0.3, -0.25) is 4.79 Å². The molecule has 2 aliphatic rings. The van der Waals surface area contributed by atoms with Crippen LogP contribution in [-0.2, 0) is 0 Å². The lowest BCUT2D eigenvalue weighted by Gasteiger charge is -2.38. The van der Waals surface area contributed by atoms with E-state index in [0.29, 0.717) is 0 Å². The number of hydrogen-bond acceptors (Lipinski definition) is 4. The van der Waals surface area contributed by atoms with E-state index in [-0.39, 0.29) is 35.0 Å². The number of nitrogens with zero attached hydrogens (tertiary/aromatic N) is 3. The molecule has 4 rings (SSSR count). The average Bonchev–Trinajstić information content (AvgIpc) is 3.28. The monoisotopic (exact) mass is 446 g/mol. The first-order valence-corrected chi connectivity index (χ1v) is 10.9. The molecule has 5 nitrogen and oxygen atoms in total. The number of carbonyl (C=O) groups is 1. The van der Waals surface area contributed by atoms with Crippen molar-refractivity contribution >= 4 is 34.7 Å². The Balaban J connectivity index is 1.74. The van der Waals surface area contributed by atoms with Gasteiger partial charge in [-0.15, -0.1) is 11.3 Å².